The Morgan fingerprint density at radius 3 is 2.31 bits per heavy atom. The fourth-order valence-electron chi connectivity index (χ4n) is 4.14. The lowest BCUT2D eigenvalue weighted by atomic mass is 9.99. The van der Waals surface area contributed by atoms with Crippen LogP contribution in [0.3, 0.4) is 0 Å². The van der Waals surface area contributed by atoms with Crippen molar-refractivity contribution in [2.45, 2.75) is 63.8 Å². The summed E-state index contributed by atoms with van der Waals surface area (Å²) in [6.07, 6.45) is -5.64. The van der Waals surface area contributed by atoms with Crippen molar-refractivity contribution in [2.24, 2.45) is 0 Å². The zero-order valence-electron chi connectivity index (χ0n) is 20.3. The molecule has 2 aromatic rings. The van der Waals surface area contributed by atoms with E-state index in [4.69, 9.17) is 11.6 Å². The lowest BCUT2D eigenvalue weighted by Crippen LogP contribution is -2.54. The van der Waals surface area contributed by atoms with Gasteiger partial charge in [-0.05, 0) is 56.5 Å². The lowest BCUT2D eigenvalue weighted by Gasteiger charge is -2.34. The summed E-state index contributed by atoms with van der Waals surface area (Å²) in [6.45, 7) is 5.19. The molecule has 6 nitrogen and oxygen atoms in total. The van der Waals surface area contributed by atoms with Gasteiger partial charge in [-0.15, -0.1) is 0 Å². The van der Waals surface area contributed by atoms with E-state index in [1.165, 1.54) is 4.90 Å². The molecule has 1 aliphatic rings. The Morgan fingerprint density at radius 2 is 1.69 bits per heavy atom. The molecule has 3 amide bonds. The van der Waals surface area contributed by atoms with E-state index < -0.39 is 47.9 Å². The molecular weight excluding hydrogens is 495 g/mol. The van der Waals surface area contributed by atoms with E-state index >= 15 is 0 Å². The molecule has 1 aliphatic heterocycles. The van der Waals surface area contributed by atoms with E-state index in [2.05, 4.69) is 10.6 Å². The molecule has 2 atom stereocenters. The highest BCUT2D eigenvalue weighted by Crippen LogP contribution is 2.37. The standard InChI is InChI=1S/C26H29ClF3N3O3/c1-25(2,3)32-23(35)21-18-7-4-5-8-19(18)24(36)33(21)20(15-16-9-11-17(27)12-10-16)22(34)31-14-6-13-26(28,29)30/h4-5,7-12,20-21H,6,13-15H2,1-3H3,(H,31,34)(H,32,35)/t20?,21-/m1/s1. The summed E-state index contributed by atoms with van der Waals surface area (Å²) < 4.78 is 37.7. The summed E-state index contributed by atoms with van der Waals surface area (Å²) >= 11 is 5.98. The number of hydrogen-bond acceptors (Lipinski definition) is 3. The van der Waals surface area contributed by atoms with Crippen LogP contribution in [0.1, 0.15) is 61.1 Å². The van der Waals surface area contributed by atoms with Gasteiger partial charge in [0.05, 0.1) is 0 Å². The average molecular weight is 524 g/mol. The van der Waals surface area contributed by atoms with Gasteiger partial charge in [0.25, 0.3) is 5.91 Å². The Kier molecular flexibility index (Phi) is 8.33. The van der Waals surface area contributed by atoms with Gasteiger partial charge in [-0.1, -0.05) is 41.9 Å². The van der Waals surface area contributed by atoms with Crippen LogP contribution in [-0.4, -0.2) is 46.9 Å². The Bertz CT molecular complexity index is 1110. The normalized spacial score (nSPS) is 16.5. The third kappa shape index (κ3) is 7.00. The first-order chi connectivity index (χ1) is 16.8. The summed E-state index contributed by atoms with van der Waals surface area (Å²) in [6, 6.07) is 11.1. The van der Waals surface area contributed by atoms with Gasteiger partial charge in [0.1, 0.15) is 12.1 Å². The topological polar surface area (TPSA) is 78.5 Å². The molecule has 1 heterocycles. The van der Waals surface area contributed by atoms with Crippen molar-refractivity contribution >= 4 is 29.3 Å². The number of nitrogens with one attached hydrogen (secondary N) is 2. The minimum atomic E-state index is -4.34. The van der Waals surface area contributed by atoms with Crippen LogP contribution in [0.4, 0.5) is 13.2 Å². The van der Waals surface area contributed by atoms with Gasteiger partial charge in [-0.25, -0.2) is 0 Å². The van der Waals surface area contributed by atoms with E-state index in [9.17, 15) is 27.6 Å². The van der Waals surface area contributed by atoms with Crippen molar-refractivity contribution in [1.29, 1.82) is 0 Å². The second-order valence-electron chi connectivity index (χ2n) is 9.80. The number of nitrogens with zero attached hydrogens (tertiary/aromatic N) is 1. The summed E-state index contributed by atoms with van der Waals surface area (Å²) in [4.78, 5) is 41.5. The second kappa shape index (κ2) is 10.9. The predicted molar refractivity (Wildman–Crippen MR) is 130 cm³/mol. The molecule has 0 saturated carbocycles. The van der Waals surface area contributed by atoms with Gasteiger partial charge < -0.3 is 15.5 Å². The molecule has 0 aliphatic carbocycles. The van der Waals surface area contributed by atoms with Crippen LogP contribution in [0.5, 0.6) is 0 Å². The average Bonchev–Trinajstić information content (AvgIpc) is 3.07. The van der Waals surface area contributed by atoms with Crippen LogP contribution < -0.4 is 10.6 Å². The summed E-state index contributed by atoms with van der Waals surface area (Å²) in [5.74, 6) is -1.59. The van der Waals surface area contributed by atoms with Gasteiger partial charge in [-0.3, -0.25) is 14.4 Å². The molecular formula is C26H29ClF3N3O3. The second-order valence-corrected chi connectivity index (χ2v) is 10.2. The Morgan fingerprint density at radius 1 is 1.06 bits per heavy atom. The van der Waals surface area contributed by atoms with Gasteiger partial charge in [-0.2, -0.15) is 13.2 Å². The monoisotopic (exact) mass is 523 g/mol. The molecule has 10 heteroatoms. The summed E-state index contributed by atoms with van der Waals surface area (Å²) in [7, 11) is 0. The third-order valence-corrected chi connectivity index (χ3v) is 5.91. The highest BCUT2D eigenvalue weighted by molar-refractivity contribution is 6.30. The molecule has 194 valence electrons. The van der Waals surface area contributed by atoms with Crippen LogP contribution in [0, 0.1) is 0 Å². The zero-order chi connectivity index (χ0) is 26.7. The van der Waals surface area contributed by atoms with Crippen LogP contribution in [0.15, 0.2) is 48.5 Å². The highest BCUT2D eigenvalue weighted by atomic mass is 35.5. The maximum atomic E-state index is 13.5. The molecule has 0 saturated heterocycles. The van der Waals surface area contributed by atoms with E-state index in [1.807, 2.05) is 0 Å². The fourth-order valence-corrected chi connectivity index (χ4v) is 4.27. The highest BCUT2D eigenvalue weighted by Gasteiger charge is 2.47. The molecule has 2 aromatic carbocycles. The smallest absolute Gasteiger partial charge is 0.354 e. The molecule has 3 rings (SSSR count). The quantitative estimate of drug-likeness (QED) is 0.487. The van der Waals surface area contributed by atoms with Gasteiger partial charge in [0, 0.05) is 35.5 Å². The number of rotatable bonds is 8. The minimum Gasteiger partial charge on any atom is -0.354 e. The van der Waals surface area contributed by atoms with Crippen molar-refractivity contribution in [3.63, 3.8) is 0 Å². The largest absolute Gasteiger partial charge is 0.389 e. The molecule has 1 unspecified atom stereocenters. The number of fused-ring (bicyclic) bond motifs is 1. The van der Waals surface area contributed by atoms with Crippen LogP contribution in [0.2, 0.25) is 5.02 Å². The van der Waals surface area contributed by atoms with E-state index in [1.54, 1.807) is 69.3 Å². The first-order valence-corrected chi connectivity index (χ1v) is 12.0. The molecule has 0 spiro atoms. The maximum absolute atomic E-state index is 13.5. The molecule has 0 radical (unpaired) electrons. The molecule has 2 N–H and O–H groups in total. The predicted octanol–water partition coefficient (Wildman–Crippen LogP) is 4.82. The van der Waals surface area contributed by atoms with E-state index in [0.717, 1.165) is 0 Å². The van der Waals surface area contributed by atoms with E-state index in [-0.39, 0.29) is 19.4 Å². The number of carbonyl (C=O) groups is 3. The first kappa shape index (κ1) is 27.5. The first-order valence-electron chi connectivity index (χ1n) is 11.6. The number of amides is 3. The Labute approximate surface area is 213 Å². The number of benzene rings is 2. The van der Waals surface area contributed by atoms with Crippen LogP contribution >= 0.6 is 11.6 Å². The van der Waals surface area contributed by atoms with Crippen LogP contribution in [0.25, 0.3) is 0 Å². The fraction of sp³-hybridized carbons (Fsp3) is 0.423. The minimum absolute atomic E-state index is 0.0430. The maximum Gasteiger partial charge on any atom is 0.389 e. The number of carbonyl (C=O) groups excluding carboxylic acids is 3. The lowest BCUT2D eigenvalue weighted by molar-refractivity contribution is -0.137. The van der Waals surface area contributed by atoms with Gasteiger partial charge >= 0.3 is 6.18 Å². The Balaban J connectivity index is 1.96. The zero-order valence-corrected chi connectivity index (χ0v) is 21.0. The van der Waals surface area contributed by atoms with Gasteiger partial charge in [0.2, 0.25) is 11.8 Å². The molecule has 0 aromatic heterocycles. The summed E-state index contributed by atoms with van der Waals surface area (Å²) in [5.41, 5.74) is 0.843. The van der Waals surface area contributed by atoms with Crippen molar-refractivity contribution in [3.05, 3.63) is 70.2 Å². The van der Waals surface area contributed by atoms with E-state index in [0.29, 0.717) is 21.7 Å². The van der Waals surface area contributed by atoms with Crippen molar-refractivity contribution in [3.8, 4) is 0 Å². The molecule has 0 fully saturated rings. The molecule has 36 heavy (non-hydrogen) atoms. The number of hydrogen-bond donors (Lipinski definition) is 2. The molecule has 0 bridgehead atoms. The Hall–Kier alpha value is -3.07. The third-order valence-electron chi connectivity index (χ3n) is 5.66. The number of alkyl halides is 3. The van der Waals surface area contributed by atoms with Crippen molar-refractivity contribution in [1.82, 2.24) is 15.5 Å². The SMILES string of the molecule is CC(C)(C)NC(=O)[C@H]1c2ccccc2C(=O)N1C(Cc1ccc(Cl)cc1)C(=O)NCCCC(F)(F)F. The van der Waals surface area contributed by atoms with Gasteiger partial charge in [0.15, 0.2) is 0 Å². The summed E-state index contributed by atoms with van der Waals surface area (Å²) in [5, 5.41) is 5.89. The van der Waals surface area contributed by atoms with Crippen molar-refractivity contribution < 1.29 is 27.6 Å². The number of halogens is 4. The van der Waals surface area contributed by atoms with Crippen molar-refractivity contribution in [2.75, 3.05) is 6.54 Å². The van der Waals surface area contributed by atoms with Crippen LogP contribution in [-0.2, 0) is 16.0 Å².